The third kappa shape index (κ3) is 3.50. The number of nitrogen functional groups attached to an aromatic ring is 1. The summed E-state index contributed by atoms with van der Waals surface area (Å²) in [6.07, 6.45) is 3.26. The standard InChI is InChI=1S/C14H22N2O3S/c1-11-5-4-8-14(17,9-11)10-16-20(18,19)13-7-3-2-6-12(13)15/h2-3,6-7,11,16-17H,4-5,8-10,15H2,1H3. The van der Waals surface area contributed by atoms with Gasteiger partial charge in [-0.15, -0.1) is 0 Å². The van der Waals surface area contributed by atoms with Crippen molar-refractivity contribution in [1.29, 1.82) is 0 Å². The van der Waals surface area contributed by atoms with E-state index in [1.54, 1.807) is 18.2 Å². The highest BCUT2D eigenvalue weighted by Gasteiger charge is 2.34. The van der Waals surface area contributed by atoms with E-state index in [4.69, 9.17) is 5.73 Å². The van der Waals surface area contributed by atoms with E-state index < -0.39 is 15.6 Å². The Morgan fingerprint density at radius 1 is 1.45 bits per heavy atom. The first kappa shape index (κ1) is 15.3. The van der Waals surface area contributed by atoms with Gasteiger partial charge >= 0.3 is 0 Å². The van der Waals surface area contributed by atoms with Gasteiger partial charge in [0.2, 0.25) is 10.0 Å². The van der Waals surface area contributed by atoms with E-state index in [1.165, 1.54) is 6.07 Å². The minimum atomic E-state index is -3.68. The number of aliphatic hydroxyl groups is 1. The van der Waals surface area contributed by atoms with Crippen LogP contribution in [0.3, 0.4) is 0 Å². The lowest BCUT2D eigenvalue weighted by molar-refractivity contribution is -0.00751. The molecular formula is C14H22N2O3S. The van der Waals surface area contributed by atoms with Gasteiger partial charge in [0.25, 0.3) is 0 Å². The predicted octanol–water partition coefficient (Wildman–Crippen LogP) is 1.49. The molecule has 2 unspecified atom stereocenters. The molecular weight excluding hydrogens is 276 g/mol. The van der Waals surface area contributed by atoms with Crippen molar-refractivity contribution in [2.24, 2.45) is 5.92 Å². The zero-order valence-corrected chi connectivity index (χ0v) is 12.5. The third-order valence-corrected chi connectivity index (χ3v) is 5.34. The molecule has 0 saturated heterocycles. The van der Waals surface area contributed by atoms with Crippen LogP contribution in [0, 0.1) is 5.92 Å². The van der Waals surface area contributed by atoms with Crippen LogP contribution in [0.1, 0.15) is 32.6 Å². The number of hydrogen-bond donors (Lipinski definition) is 3. The van der Waals surface area contributed by atoms with Gasteiger partial charge in [0.15, 0.2) is 0 Å². The number of para-hydroxylation sites is 1. The second kappa shape index (κ2) is 5.71. The van der Waals surface area contributed by atoms with Gasteiger partial charge in [-0.2, -0.15) is 0 Å². The van der Waals surface area contributed by atoms with E-state index in [0.29, 0.717) is 18.8 Å². The van der Waals surface area contributed by atoms with Crippen molar-refractivity contribution in [1.82, 2.24) is 4.72 Å². The molecule has 2 atom stereocenters. The Balaban J connectivity index is 2.08. The maximum Gasteiger partial charge on any atom is 0.242 e. The predicted molar refractivity (Wildman–Crippen MR) is 78.6 cm³/mol. The fourth-order valence-electron chi connectivity index (χ4n) is 2.83. The summed E-state index contributed by atoms with van der Waals surface area (Å²) in [5.74, 6) is 0.417. The molecule has 112 valence electrons. The molecule has 1 saturated carbocycles. The van der Waals surface area contributed by atoms with Crippen LogP contribution in [0.2, 0.25) is 0 Å². The van der Waals surface area contributed by atoms with E-state index in [-0.39, 0.29) is 17.1 Å². The van der Waals surface area contributed by atoms with Crippen molar-refractivity contribution < 1.29 is 13.5 Å². The molecule has 1 aliphatic rings. The van der Waals surface area contributed by atoms with Gasteiger partial charge in [-0.25, -0.2) is 13.1 Å². The minimum absolute atomic E-state index is 0.0357. The normalized spacial score (nSPS) is 27.4. The molecule has 0 amide bonds. The Morgan fingerprint density at radius 3 is 2.80 bits per heavy atom. The number of nitrogens with one attached hydrogen (secondary N) is 1. The maximum absolute atomic E-state index is 12.2. The number of anilines is 1. The van der Waals surface area contributed by atoms with Crippen molar-refractivity contribution in [3.63, 3.8) is 0 Å². The Morgan fingerprint density at radius 2 is 2.15 bits per heavy atom. The molecule has 1 aliphatic carbocycles. The minimum Gasteiger partial charge on any atom is -0.398 e. The second-order valence-electron chi connectivity index (χ2n) is 5.79. The van der Waals surface area contributed by atoms with Crippen LogP contribution >= 0.6 is 0 Å². The van der Waals surface area contributed by atoms with Crippen LogP contribution in [0.5, 0.6) is 0 Å². The number of hydrogen-bond acceptors (Lipinski definition) is 4. The molecule has 1 aromatic rings. The topological polar surface area (TPSA) is 92.4 Å². The lowest BCUT2D eigenvalue weighted by Gasteiger charge is -2.35. The van der Waals surface area contributed by atoms with Crippen molar-refractivity contribution in [3.05, 3.63) is 24.3 Å². The quantitative estimate of drug-likeness (QED) is 0.734. The van der Waals surface area contributed by atoms with Gasteiger partial charge in [0, 0.05) is 6.54 Å². The summed E-state index contributed by atoms with van der Waals surface area (Å²) in [5.41, 5.74) is 4.95. The van der Waals surface area contributed by atoms with Crippen LogP contribution in [0.25, 0.3) is 0 Å². The average molecular weight is 298 g/mol. The Kier molecular flexibility index (Phi) is 4.36. The lowest BCUT2D eigenvalue weighted by atomic mass is 9.79. The van der Waals surface area contributed by atoms with Crippen LogP contribution in [0.15, 0.2) is 29.2 Å². The van der Waals surface area contributed by atoms with Gasteiger partial charge < -0.3 is 10.8 Å². The van der Waals surface area contributed by atoms with Gasteiger partial charge in [0.05, 0.1) is 11.3 Å². The van der Waals surface area contributed by atoms with Gasteiger partial charge in [-0.1, -0.05) is 31.9 Å². The first-order chi connectivity index (χ1) is 9.32. The molecule has 1 aromatic carbocycles. The van der Waals surface area contributed by atoms with E-state index in [1.807, 2.05) is 0 Å². The number of nitrogens with two attached hydrogens (primary N) is 1. The summed E-state index contributed by atoms with van der Waals surface area (Å²) < 4.78 is 26.9. The van der Waals surface area contributed by atoms with Gasteiger partial charge in [-0.05, 0) is 30.9 Å². The Bertz CT molecular complexity index is 574. The van der Waals surface area contributed by atoms with E-state index in [0.717, 1.165) is 12.8 Å². The SMILES string of the molecule is CC1CCCC(O)(CNS(=O)(=O)c2ccccc2N)C1. The highest BCUT2D eigenvalue weighted by atomic mass is 32.2. The van der Waals surface area contributed by atoms with Crippen molar-refractivity contribution in [3.8, 4) is 0 Å². The fourth-order valence-corrected chi connectivity index (χ4v) is 4.08. The molecule has 0 bridgehead atoms. The Labute approximate surface area is 120 Å². The molecule has 2 rings (SSSR count). The van der Waals surface area contributed by atoms with Crippen molar-refractivity contribution in [2.75, 3.05) is 12.3 Å². The van der Waals surface area contributed by atoms with E-state index in [2.05, 4.69) is 11.6 Å². The molecule has 6 heteroatoms. The van der Waals surface area contributed by atoms with Crippen LogP contribution in [-0.2, 0) is 10.0 Å². The van der Waals surface area contributed by atoms with Gasteiger partial charge in [0.1, 0.15) is 4.90 Å². The fraction of sp³-hybridized carbons (Fsp3) is 0.571. The number of benzene rings is 1. The monoisotopic (exact) mass is 298 g/mol. The third-order valence-electron chi connectivity index (χ3n) is 3.87. The van der Waals surface area contributed by atoms with Crippen LogP contribution < -0.4 is 10.5 Å². The summed E-state index contributed by atoms with van der Waals surface area (Å²) in [4.78, 5) is 0.0625. The van der Waals surface area contributed by atoms with Crippen LogP contribution in [-0.4, -0.2) is 25.7 Å². The number of rotatable bonds is 4. The highest BCUT2D eigenvalue weighted by Crippen LogP contribution is 2.32. The average Bonchev–Trinajstić information content (AvgIpc) is 2.37. The molecule has 5 nitrogen and oxygen atoms in total. The zero-order valence-electron chi connectivity index (χ0n) is 11.7. The first-order valence-electron chi connectivity index (χ1n) is 6.89. The second-order valence-corrected chi connectivity index (χ2v) is 7.52. The smallest absolute Gasteiger partial charge is 0.242 e. The number of sulfonamides is 1. The zero-order chi connectivity index (χ0) is 14.8. The summed E-state index contributed by atoms with van der Waals surface area (Å²) in [6, 6.07) is 6.32. The molecule has 1 fully saturated rings. The molecule has 0 aliphatic heterocycles. The Hall–Kier alpha value is -1.11. The molecule has 20 heavy (non-hydrogen) atoms. The summed E-state index contributed by atoms with van der Waals surface area (Å²) in [5, 5.41) is 10.5. The van der Waals surface area contributed by atoms with Crippen molar-refractivity contribution in [2.45, 2.75) is 43.1 Å². The lowest BCUT2D eigenvalue weighted by Crippen LogP contribution is -2.45. The molecule has 0 heterocycles. The first-order valence-corrected chi connectivity index (χ1v) is 8.37. The maximum atomic E-state index is 12.2. The molecule has 4 N–H and O–H groups in total. The summed E-state index contributed by atoms with van der Waals surface area (Å²) in [7, 11) is -3.68. The molecule has 0 radical (unpaired) electrons. The summed E-state index contributed by atoms with van der Waals surface area (Å²) in [6.45, 7) is 2.11. The largest absolute Gasteiger partial charge is 0.398 e. The van der Waals surface area contributed by atoms with Crippen LogP contribution in [0.4, 0.5) is 5.69 Å². The summed E-state index contributed by atoms with van der Waals surface area (Å²) >= 11 is 0. The van der Waals surface area contributed by atoms with E-state index >= 15 is 0 Å². The van der Waals surface area contributed by atoms with Crippen molar-refractivity contribution >= 4 is 15.7 Å². The van der Waals surface area contributed by atoms with Gasteiger partial charge in [-0.3, -0.25) is 0 Å². The van der Waals surface area contributed by atoms with E-state index in [9.17, 15) is 13.5 Å². The molecule has 0 spiro atoms. The molecule has 0 aromatic heterocycles. The highest BCUT2D eigenvalue weighted by molar-refractivity contribution is 7.89.